The fourth-order valence-electron chi connectivity index (χ4n) is 5.28. The molecule has 1 fully saturated rings. The number of piperidine rings is 1. The van der Waals surface area contributed by atoms with E-state index in [0.29, 0.717) is 13.0 Å². The Morgan fingerprint density at radius 1 is 0.900 bits per heavy atom. The summed E-state index contributed by atoms with van der Waals surface area (Å²) < 4.78 is 33.9. The average molecular weight is 580 g/mol. The van der Waals surface area contributed by atoms with E-state index in [1.54, 1.807) is 19.2 Å². The van der Waals surface area contributed by atoms with Crippen LogP contribution in [0.5, 0.6) is 5.75 Å². The highest BCUT2D eigenvalue weighted by Gasteiger charge is 2.38. The molecule has 3 aromatic carbocycles. The molecule has 1 aliphatic rings. The van der Waals surface area contributed by atoms with Gasteiger partial charge >= 0.3 is 0 Å². The maximum Gasteiger partial charge on any atom is 0.243 e. The van der Waals surface area contributed by atoms with E-state index >= 15 is 0 Å². The predicted molar refractivity (Wildman–Crippen MR) is 164 cm³/mol. The zero-order valence-corrected chi connectivity index (χ0v) is 25.3. The number of benzene rings is 3. The third-order valence-corrected chi connectivity index (χ3v) is 10.9. The maximum atomic E-state index is 13.7. The molecule has 214 valence electrons. The van der Waals surface area contributed by atoms with E-state index in [9.17, 15) is 13.2 Å². The molecule has 0 aromatic heterocycles. The van der Waals surface area contributed by atoms with E-state index in [2.05, 4.69) is 36.4 Å². The Bertz CT molecular complexity index is 1310. The largest absolute Gasteiger partial charge is 0.497 e. The fourth-order valence-corrected chi connectivity index (χ4v) is 8.31. The number of sulfonamides is 1. The molecule has 0 amide bonds. The van der Waals surface area contributed by atoms with Crippen LogP contribution < -0.4 is 4.74 Å². The van der Waals surface area contributed by atoms with Crippen molar-refractivity contribution >= 4 is 26.9 Å². The highest BCUT2D eigenvalue weighted by atomic mass is 32.2. The van der Waals surface area contributed by atoms with Crippen molar-refractivity contribution in [2.45, 2.75) is 80.9 Å². The van der Waals surface area contributed by atoms with Crippen LogP contribution >= 0.6 is 11.8 Å². The van der Waals surface area contributed by atoms with Crippen molar-refractivity contribution in [3.8, 4) is 5.75 Å². The van der Waals surface area contributed by atoms with E-state index in [1.807, 2.05) is 37.3 Å². The van der Waals surface area contributed by atoms with Crippen molar-refractivity contribution in [2.75, 3.05) is 13.7 Å². The lowest BCUT2D eigenvalue weighted by atomic mass is 10.0. The van der Waals surface area contributed by atoms with Gasteiger partial charge in [-0.05, 0) is 93.7 Å². The highest BCUT2D eigenvalue weighted by molar-refractivity contribution is 8.14. The van der Waals surface area contributed by atoms with Gasteiger partial charge in [-0.2, -0.15) is 4.31 Å². The molecule has 0 radical (unpaired) electrons. The van der Waals surface area contributed by atoms with E-state index in [1.165, 1.54) is 27.2 Å². The lowest BCUT2D eigenvalue weighted by Crippen LogP contribution is -2.47. The number of aryl methyl sites for hydroxylation is 3. The molecule has 2 atom stereocenters. The minimum absolute atomic E-state index is 0.00968. The van der Waals surface area contributed by atoms with Gasteiger partial charge in [0.05, 0.1) is 18.0 Å². The zero-order chi connectivity index (χ0) is 28.4. The van der Waals surface area contributed by atoms with Crippen LogP contribution in [-0.2, 0) is 27.7 Å². The van der Waals surface area contributed by atoms with Crippen LogP contribution in [0.15, 0.2) is 83.8 Å². The van der Waals surface area contributed by atoms with Crippen molar-refractivity contribution < 1.29 is 17.9 Å². The predicted octanol–water partition coefficient (Wildman–Crippen LogP) is 7.22. The Balaban J connectivity index is 1.42. The Kier molecular flexibility index (Phi) is 11.3. The van der Waals surface area contributed by atoms with Crippen LogP contribution in [0.2, 0.25) is 0 Å². The summed E-state index contributed by atoms with van der Waals surface area (Å²) in [5.41, 5.74) is 3.56. The number of carbonyl (C=O) groups is 1. The summed E-state index contributed by atoms with van der Waals surface area (Å²) >= 11 is 1.38. The number of nitrogens with zero attached hydrogens (tertiary/aromatic N) is 1. The lowest BCUT2D eigenvalue weighted by Gasteiger charge is -2.34. The molecule has 0 N–H and O–H groups in total. The standard InChI is InChI=1S/C33H41NO4S2/c1-26-17-23-31(24-18-26)40(36,37)34-25-7-6-16-32(34)33(35)39-30(14-8-12-27-10-4-3-5-11-27)15-9-13-28-19-21-29(38-2)22-20-28/h3-5,10-11,17-24,30,32H,6-9,12-16,25H2,1-2H3. The molecular formula is C33H41NO4S2. The van der Waals surface area contributed by atoms with Crippen LogP contribution in [-0.4, -0.2) is 42.8 Å². The molecule has 0 spiro atoms. The second-order valence-electron chi connectivity index (χ2n) is 10.6. The summed E-state index contributed by atoms with van der Waals surface area (Å²) in [4.78, 5) is 14.0. The Labute approximate surface area is 244 Å². The average Bonchev–Trinajstić information content (AvgIpc) is 2.98. The molecule has 1 heterocycles. The van der Waals surface area contributed by atoms with Crippen molar-refractivity contribution in [2.24, 2.45) is 0 Å². The van der Waals surface area contributed by atoms with Crippen LogP contribution in [0, 0.1) is 6.92 Å². The fraction of sp³-hybridized carbons (Fsp3) is 0.424. The highest BCUT2D eigenvalue weighted by Crippen LogP contribution is 2.32. The summed E-state index contributed by atoms with van der Waals surface area (Å²) in [6, 6.07) is 24.9. The molecular weight excluding hydrogens is 539 g/mol. The summed E-state index contributed by atoms with van der Waals surface area (Å²) in [6.07, 6.45) is 7.94. The lowest BCUT2D eigenvalue weighted by molar-refractivity contribution is -0.115. The van der Waals surface area contributed by atoms with Crippen LogP contribution in [0.1, 0.15) is 61.6 Å². The molecule has 7 heteroatoms. The number of methoxy groups -OCH3 is 1. The maximum absolute atomic E-state index is 13.7. The minimum Gasteiger partial charge on any atom is -0.497 e. The van der Waals surface area contributed by atoms with Gasteiger partial charge in [0.25, 0.3) is 0 Å². The number of thioether (sulfide) groups is 1. The van der Waals surface area contributed by atoms with Gasteiger partial charge in [-0.3, -0.25) is 4.79 Å². The summed E-state index contributed by atoms with van der Waals surface area (Å²) in [6.45, 7) is 2.33. The number of carbonyl (C=O) groups excluding carboxylic acids is 1. The number of ether oxygens (including phenoxy) is 1. The number of hydrogen-bond donors (Lipinski definition) is 0. The molecule has 4 rings (SSSR count). The van der Waals surface area contributed by atoms with Gasteiger partial charge in [-0.25, -0.2) is 8.42 Å². The molecule has 40 heavy (non-hydrogen) atoms. The van der Waals surface area contributed by atoms with Crippen LogP contribution in [0.25, 0.3) is 0 Å². The van der Waals surface area contributed by atoms with Gasteiger partial charge < -0.3 is 4.74 Å². The minimum atomic E-state index is -3.73. The van der Waals surface area contributed by atoms with Crippen molar-refractivity contribution in [1.29, 1.82) is 0 Å². The molecule has 0 bridgehead atoms. The molecule has 0 aliphatic carbocycles. The van der Waals surface area contributed by atoms with E-state index in [0.717, 1.165) is 62.7 Å². The smallest absolute Gasteiger partial charge is 0.243 e. The van der Waals surface area contributed by atoms with Gasteiger partial charge in [0.15, 0.2) is 0 Å². The van der Waals surface area contributed by atoms with Gasteiger partial charge in [-0.15, -0.1) is 0 Å². The molecule has 2 unspecified atom stereocenters. The van der Waals surface area contributed by atoms with Gasteiger partial charge in [0.2, 0.25) is 15.1 Å². The Morgan fingerprint density at radius 2 is 1.52 bits per heavy atom. The second-order valence-corrected chi connectivity index (χ2v) is 13.8. The second kappa shape index (κ2) is 14.9. The molecule has 1 saturated heterocycles. The first-order valence-electron chi connectivity index (χ1n) is 14.3. The van der Waals surface area contributed by atoms with Gasteiger partial charge in [-0.1, -0.05) is 78.3 Å². The molecule has 0 saturated carbocycles. The van der Waals surface area contributed by atoms with E-state index in [4.69, 9.17) is 4.74 Å². The van der Waals surface area contributed by atoms with Crippen LogP contribution in [0.4, 0.5) is 0 Å². The van der Waals surface area contributed by atoms with Crippen molar-refractivity contribution in [3.05, 3.63) is 95.6 Å². The third kappa shape index (κ3) is 8.45. The zero-order valence-electron chi connectivity index (χ0n) is 23.6. The van der Waals surface area contributed by atoms with Gasteiger partial charge in [0.1, 0.15) is 5.75 Å². The Hall–Kier alpha value is -2.61. The first kappa shape index (κ1) is 30.4. The van der Waals surface area contributed by atoms with Crippen LogP contribution in [0.3, 0.4) is 0 Å². The molecule has 3 aromatic rings. The first-order chi connectivity index (χ1) is 19.4. The molecule has 5 nitrogen and oxygen atoms in total. The molecule has 1 aliphatic heterocycles. The van der Waals surface area contributed by atoms with E-state index in [-0.39, 0.29) is 15.3 Å². The normalized spacial score (nSPS) is 16.9. The summed E-state index contributed by atoms with van der Waals surface area (Å²) in [5.74, 6) is 0.848. The summed E-state index contributed by atoms with van der Waals surface area (Å²) in [7, 11) is -2.06. The van der Waals surface area contributed by atoms with Gasteiger partial charge in [0, 0.05) is 11.8 Å². The quantitative estimate of drug-likeness (QED) is 0.214. The topological polar surface area (TPSA) is 63.7 Å². The number of hydrogen-bond acceptors (Lipinski definition) is 5. The third-order valence-electron chi connectivity index (χ3n) is 7.62. The summed E-state index contributed by atoms with van der Waals surface area (Å²) in [5, 5.41) is 0.143. The number of rotatable bonds is 13. The first-order valence-corrected chi connectivity index (χ1v) is 16.6. The monoisotopic (exact) mass is 579 g/mol. The van der Waals surface area contributed by atoms with Crippen molar-refractivity contribution in [3.63, 3.8) is 0 Å². The van der Waals surface area contributed by atoms with E-state index < -0.39 is 16.1 Å². The Morgan fingerprint density at radius 3 is 2.15 bits per heavy atom. The SMILES string of the molecule is COc1ccc(CCCC(CCCc2ccccc2)SC(=O)C2CCCCN2S(=O)(=O)c2ccc(C)cc2)cc1. The van der Waals surface area contributed by atoms with Crippen molar-refractivity contribution in [1.82, 2.24) is 4.31 Å².